The van der Waals surface area contributed by atoms with Crippen LogP contribution in [-0.2, 0) is 49.4 Å². The lowest BCUT2D eigenvalue weighted by atomic mass is 10.0. The number of carbonyl (C=O) groups excluding carboxylic acids is 4. The summed E-state index contributed by atoms with van der Waals surface area (Å²) >= 11 is 0. The number of rotatable bonds is 8. The van der Waals surface area contributed by atoms with Gasteiger partial charge in [-0.15, -0.1) is 0 Å². The van der Waals surface area contributed by atoms with Gasteiger partial charge in [0.2, 0.25) is 6.29 Å². The molecule has 1 saturated heterocycles. The number of hydrogen-bond acceptors (Lipinski definition) is 10. The van der Waals surface area contributed by atoms with Crippen LogP contribution in [0.2, 0.25) is 0 Å². The summed E-state index contributed by atoms with van der Waals surface area (Å²) in [4.78, 5) is 47.4. The molecule has 170 valence electrons. The molecule has 11 nitrogen and oxygen atoms in total. The molecule has 1 fully saturated rings. The molecule has 0 spiro atoms. The van der Waals surface area contributed by atoms with Crippen molar-refractivity contribution in [1.29, 1.82) is 0 Å². The summed E-state index contributed by atoms with van der Waals surface area (Å²) in [5, 5.41) is 2.31. The Morgan fingerprint density at radius 2 is 1.61 bits per heavy atom. The highest BCUT2D eigenvalue weighted by molar-refractivity contribution is 5.82. The SMILES string of the molecule is COC(=O)N[C@H](C(=O)OC)[C@H]1O[C@H](OC(C)=O)[C@H](OC(C)=O)[C@H]1OCc1ccccc1. The third-order valence-corrected chi connectivity index (χ3v) is 4.32. The van der Waals surface area contributed by atoms with Crippen LogP contribution in [0.25, 0.3) is 0 Å². The average molecular weight is 439 g/mol. The van der Waals surface area contributed by atoms with Gasteiger partial charge in [0.1, 0.15) is 12.2 Å². The number of alkyl carbamates (subject to hydrolysis) is 1. The van der Waals surface area contributed by atoms with Crippen molar-refractivity contribution in [2.24, 2.45) is 0 Å². The van der Waals surface area contributed by atoms with Gasteiger partial charge in [-0.2, -0.15) is 0 Å². The minimum atomic E-state index is -1.41. The fourth-order valence-corrected chi connectivity index (χ4v) is 3.04. The molecule has 31 heavy (non-hydrogen) atoms. The lowest BCUT2D eigenvalue weighted by molar-refractivity contribution is -0.196. The van der Waals surface area contributed by atoms with Crippen molar-refractivity contribution in [3.05, 3.63) is 35.9 Å². The van der Waals surface area contributed by atoms with Crippen molar-refractivity contribution in [3.8, 4) is 0 Å². The van der Waals surface area contributed by atoms with Crippen LogP contribution in [0.4, 0.5) is 4.79 Å². The normalized spacial score (nSPS) is 23.4. The number of benzene rings is 1. The van der Waals surface area contributed by atoms with E-state index in [-0.39, 0.29) is 6.61 Å². The van der Waals surface area contributed by atoms with Crippen molar-refractivity contribution in [1.82, 2.24) is 5.32 Å². The molecule has 0 radical (unpaired) electrons. The molecule has 1 N–H and O–H groups in total. The first-order valence-electron chi connectivity index (χ1n) is 9.34. The minimum absolute atomic E-state index is 0.0576. The second kappa shape index (κ2) is 11.3. The first-order valence-corrected chi connectivity index (χ1v) is 9.34. The number of nitrogens with one attached hydrogen (secondary N) is 1. The summed E-state index contributed by atoms with van der Waals surface area (Å²) in [5.74, 6) is -2.26. The zero-order valence-electron chi connectivity index (χ0n) is 17.6. The van der Waals surface area contributed by atoms with E-state index >= 15 is 0 Å². The molecule has 0 bridgehead atoms. The summed E-state index contributed by atoms with van der Waals surface area (Å²) < 4.78 is 31.3. The smallest absolute Gasteiger partial charge is 0.407 e. The maximum Gasteiger partial charge on any atom is 0.407 e. The van der Waals surface area contributed by atoms with E-state index in [4.69, 9.17) is 23.7 Å². The molecule has 5 atom stereocenters. The third-order valence-electron chi connectivity index (χ3n) is 4.32. The minimum Gasteiger partial charge on any atom is -0.467 e. The number of amides is 1. The van der Waals surface area contributed by atoms with Crippen LogP contribution < -0.4 is 5.32 Å². The van der Waals surface area contributed by atoms with Gasteiger partial charge < -0.3 is 33.7 Å². The monoisotopic (exact) mass is 439 g/mol. The molecular formula is C20H25NO10. The molecule has 1 aliphatic rings. The maximum atomic E-state index is 12.4. The molecule has 11 heteroatoms. The Bertz CT molecular complexity index is 783. The van der Waals surface area contributed by atoms with E-state index in [2.05, 4.69) is 10.1 Å². The highest BCUT2D eigenvalue weighted by Gasteiger charge is 2.54. The molecule has 1 amide bonds. The number of hydrogen-bond donors (Lipinski definition) is 1. The molecule has 1 aromatic rings. The number of methoxy groups -OCH3 is 2. The summed E-state index contributed by atoms with van der Waals surface area (Å²) in [5.41, 5.74) is 0.786. The van der Waals surface area contributed by atoms with E-state index in [0.717, 1.165) is 33.6 Å². The predicted molar refractivity (Wildman–Crippen MR) is 102 cm³/mol. The standard InChI is InChI=1S/C20H25NO10/c1-11(22)29-17-16(28-10-13-8-6-5-7-9-13)15(31-19(17)30-12(2)23)14(18(24)26-3)21-20(25)27-4/h5-9,14-17,19H,10H2,1-4H3,(H,21,25)/t14-,15+,16-,17+,19-/m0/s1. The van der Waals surface area contributed by atoms with E-state index < -0.39 is 54.6 Å². The van der Waals surface area contributed by atoms with E-state index in [1.165, 1.54) is 0 Å². The van der Waals surface area contributed by atoms with Gasteiger partial charge in [-0.25, -0.2) is 9.59 Å². The molecule has 1 aromatic carbocycles. The Morgan fingerprint density at radius 3 is 2.16 bits per heavy atom. The lowest BCUT2D eigenvalue weighted by Crippen LogP contribution is -2.54. The van der Waals surface area contributed by atoms with Gasteiger partial charge in [-0.05, 0) is 5.56 Å². The van der Waals surface area contributed by atoms with Crippen LogP contribution in [0.5, 0.6) is 0 Å². The van der Waals surface area contributed by atoms with Crippen molar-refractivity contribution in [2.45, 2.75) is 51.1 Å². The van der Waals surface area contributed by atoms with Crippen molar-refractivity contribution < 1.29 is 47.6 Å². The van der Waals surface area contributed by atoms with Gasteiger partial charge in [0.15, 0.2) is 12.1 Å². The van der Waals surface area contributed by atoms with E-state index in [9.17, 15) is 19.2 Å². The molecule has 1 aliphatic heterocycles. The first-order chi connectivity index (χ1) is 14.8. The Balaban J connectivity index is 2.38. The van der Waals surface area contributed by atoms with Crippen LogP contribution in [0.1, 0.15) is 19.4 Å². The molecule has 0 unspecified atom stereocenters. The molecular weight excluding hydrogens is 414 g/mol. The van der Waals surface area contributed by atoms with Crippen LogP contribution in [0.3, 0.4) is 0 Å². The summed E-state index contributed by atoms with van der Waals surface area (Å²) in [6.07, 6.45) is -5.85. The predicted octanol–water partition coefficient (Wildman–Crippen LogP) is 0.689. The largest absolute Gasteiger partial charge is 0.467 e. The third kappa shape index (κ3) is 6.66. The number of ether oxygens (including phenoxy) is 6. The zero-order valence-corrected chi connectivity index (χ0v) is 17.6. The quantitative estimate of drug-likeness (QED) is 0.455. The van der Waals surface area contributed by atoms with Crippen molar-refractivity contribution >= 4 is 24.0 Å². The topological polar surface area (TPSA) is 136 Å². The first kappa shape index (κ1) is 24.1. The Labute approximate surface area is 178 Å². The van der Waals surface area contributed by atoms with Crippen molar-refractivity contribution in [2.75, 3.05) is 14.2 Å². The molecule has 0 saturated carbocycles. The Kier molecular flexibility index (Phi) is 8.76. The highest BCUT2D eigenvalue weighted by Crippen LogP contribution is 2.31. The van der Waals surface area contributed by atoms with Crippen LogP contribution in [0.15, 0.2) is 30.3 Å². The van der Waals surface area contributed by atoms with Crippen LogP contribution >= 0.6 is 0 Å². The van der Waals surface area contributed by atoms with Gasteiger partial charge in [0, 0.05) is 13.8 Å². The van der Waals surface area contributed by atoms with Gasteiger partial charge in [-0.1, -0.05) is 30.3 Å². The Morgan fingerprint density at radius 1 is 0.968 bits per heavy atom. The van der Waals surface area contributed by atoms with Gasteiger partial charge >= 0.3 is 24.0 Å². The molecule has 0 aromatic heterocycles. The second-order valence-corrected chi connectivity index (χ2v) is 6.55. The summed E-state index contributed by atoms with van der Waals surface area (Å²) in [6, 6.07) is 7.65. The average Bonchev–Trinajstić information content (AvgIpc) is 3.05. The van der Waals surface area contributed by atoms with Gasteiger partial charge in [0.05, 0.1) is 20.8 Å². The fourth-order valence-electron chi connectivity index (χ4n) is 3.04. The van der Waals surface area contributed by atoms with E-state index in [1.807, 2.05) is 18.2 Å². The Hall–Kier alpha value is -3.18. The molecule has 2 rings (SSSR count). The highest BCUT2D eigenvalue weighted by atomic mass is 16.7. The second-order valence-electron chi connectivity index (χ2n) is 6.55. The zero-order chi connectivity index (χ0) is 23.0. The lowest BCUT2D eigenvalue weighted by Gasteiger charge is -2.27. The molecule has 1 heterocycles. The van der Waals surface area contributed by atoms with Crippen molar-refractivity contribution in [3.63, 3.8) is 0 Å². The van der Waals surface area contributed by atoms with Crippen LogP contribution in [-0.4, -0.2) is 68.9 Å². The van der Waals surface area contributed by atoms with E-state index in [1.54, 1.807) is 12.1 Å². The fraction of sp³-hybridized carbons (Fsp3) is 0.500. The number of carbonyl (C=O) groups is 4. The molecule has 0 aliphatic carbocycles. The maximum absolute atomic E-state index is 12.4. The van der Waals surface area contributed by atoms with Gasteiger partial charge in [0.25, 0.3) is 0 Å². The summed E-state index contributed by atoms with van der Waals surface area (Å²) in [6.45, 7) is 2.37. The summed E-state index contributed by atoms with van der Waals surface area (Å²) in [7, 11) is 2.24. The van der Waals surface area contributed by atoms with Crippen LogP contribution in [0, 0.1) is 0 Å². The van der Waals surface area contributed by atoms with E-state index in [0.29, 0.717) is 0 Å². The van der Waals surface area contributed by atoms with Gasteiger partial charge in [-0.3, -0.25) is 9.59 Å². The number of esters is 3.